The van der Waals surface area contributed by atoms with E-state index in [0.717, 1.165) is 5.69 Å². The number of allylic oxidation sites excluding steroid dienone is 3. The molecule has 0 saturated heterocycles. The van der Waals surface area contributed by atoms with E-state index < -0.39 is 0 Å². The van der Waals surface area contributed by atoms with E-state index in [1.54, 1.807) is 12.2 Å². The molecule has 0 unspecified atom stereocenters. The molecule has 0 aliphatic rings. The molecule has 2 rings (SSSR count). The molecule has 2 aromatic rings. The Morgan fingerprint density at radius 2 is 1.50 bits per heavy atom. The summed E-state index contributed by atoms with van der Waals surface area (Å²) in [6, 6.07) is 19.3. The van der Waals surface area contributed by atoms with Crippen LogP contribution >= 0.6 is 0 Å². The number of nitrogens with zero attached hydrogens (tertiary/aromatic N) is 1. The number of hydrogen-bond donors (Lipinski definition) is 0. The number of para-hydroxylation sites is 1. The molecule has 0 amide bonds. The van der Waals surface area contributed by atoms with Crippen molar-refractivity contribution in [1.29, 1.82) is 0 Å². The second-order valence-corrected chi connectivity index (χ2v) is 4.38. The van der Waals surface area contributed by atoms with Crippen molar-refractivity contribution in [3.8, 4) is 0 Å². The fourth-order valence-electron chi connectivity index (χ4n) is 1.77. The van der Waals surface area contributed by atoms with Gasteiger partial charge in [-0.05, 0) is 24.3 Å². The van der Waals surface area contributed by atoms with Gasteiger partial charge in [0.25, 0.3) is 0 Å². The number of benzene rings is 2. The fraction of sp³-hybridized carbons (Fsp3) is 0.0556. The lowest BCUT2D eigenvalue weighted by Gasteiger charge is -2.12. The van der Waals surface area contributed by atoms with Gasteiger partial charge < -0.3 is 4.90 Å². The number of rotatable bonds is 5. The number of ketones is 1. The van der Waals surface area contributed by atoms with Crippen LogP contribution in [0.15, 0.2) is 85.1 Å². The van der Waals surface area contributed by atoms with Gasteiger partial charge in [0.2, 0.25) is 0 Å². The van der Waals surface area contributed by atoms with E-state index in [2.05, 4.69) is 0 Å². The molecule has 20 heavy (non-hydrogen) atoms. The molecule has 0 atom stereocenters. The SMILES string of the molecule is CN(/C=C/C=C/C(=O)c1ccccc1)c1ccccc1. The van der Waals surface area contributed by atoms with Gasteiger partial charge in [-0.25, -0.2) is 0 Å². The van der Waals surface area contributed by atoms with Crippen LogP contribution in [-0.2, 0) is 0 Å². The van der Waals surface area contributed by atoms with Crippen molar-refractivity contribution in [2.24, 2.45) is 0 Å². The smallest absolute Gasteiger partial charge is 0.185 e. The molecular weight excluding hydrogens is 246 g/mol. The molecule has 2 heteroatoms. The summed E-state index contributed by atoms with van der Waals surface area (Å²) < 4.78 is 0. The van der Waals surface area contributed by atoms with E-state index >= 15 is 0 Å². The quantitative estimate of drug-likeness (QED) is 0.460. The minimum absolute atomic E-state index is 0.0117. The molecule has 100 valence electrons. The normalized spacial score (nSPS) is 11.1. The van der Waals surface area contributed by atoms with Crippen molar-refractivity contribution >= 4 is 11.5 Å². The summed E-state index contributed by atoms with van der Waals surface area (Å²) in [4.78, 5) is 13.8. The Bertz CT molecular complexity index is 600. The molecule has 2 aromatic carbocycles. The van der Waals surface area contributed by atoms with E-state index in [1.165, 1.54) is 0 Å². The van der Waals surface area contributed by atoms with E-state index in [9.17, 15) is 4.79 Å². The molecule has 0 saturated carbocycles. The van der Waals surface area contributed by atoms with Gasteiger partial charge in [0.1, 0.15) is 0 Å². The van der Waals surface area contributed by atoms with Crippen molar-refractivity contribution in [2.45, 2.75) is 0 Å². The van der Waals surface area contributed by atoms with Gasteiger partial charge in [-0.1, -0.05) is 54.6 Å². The maximum Gasteiger partial charge on any atom is 0.185 e. The highest BCUT2D eigenvalue weighted by atomic mass is 16.1. The topological polar surface area (TPSA) is 20.3 Å². The molecule has 0 aromatic heterocycles. The first-order valence-corrected chi connectivity index (χ1v) is 6.49. The summed E-state index contributed by atoms with van der Waals surface area (Å²) in [5.41, 5.74) is 1.81. The van der Waals surface area contributed by atoms with Crippen LogP contribution in [0.3, 0.4) is 0 Å². The average Bonchev–Trinajstić information content (AvgIpc) is 2.53. The third kappa shape index (κ3) is 3.95. The van der Waals surface area contributed by atoms with Gasteiger partial charge >= 0.3 is 0 Å². The van der Waals surface area contributed by atoms with Crippen molar-refractivity contribution < 1.29 is 4.79 Å². The second kappa shape index (κ2) is 7.10. The summed E-state index contributed by atoms with van der Waals surface area (Å²) in [7, 11) is 1.97. The highest BCUT2D eigenvalue weighted by Crippen LogP contribution is 2.10. The number of carbonyl (C=O) groups excluding carboxylic acids is 1. The first kappa shape index (κ1) is 13.8. The molecule has 0 aliphatic carbocycles. The zero-order chi connectivity index (χ0) is 14.2. The third-order valence-electron chi connectivity index (χ3n) is 2.89. The zero-order valence-corrected chi connectivity index (χ0v) is 11.4. The molecule has 0 spiro atoms. The largest absolute Gasteiger partial charge is 0.351 e. The van der Waals surface area contributed by atoms with Gasteiger partial charge in [0, 0.05) is 24.5 Å². The second-order valence-electron chi connectivity index (χ2n) is 4.38. The summed E-state index contributed by atoms with van der Waals surface area (Å²) in [5.74, 6) is 0.0117. The Morgan fingerprint density at radius 3 is 2.15 bits per heavy atom. The fourth-order valence-corrected chi connectivity index (χ4v) is 1.77. The highest BCUT2D eigenvalue weighted by molar-refractivity contribution is 6.04. The average molecular weight is 263 g/mol. The van der Waals surface area contributed by atoms with E-state index in [4.69, 9.17) is 0 Å². The van der Waals surface area contributed by atoms with Crippen molar-refractivity contribution in [2.75, 3.05) is 11.9 Å². The van der Waals surface area contributed by atoms with E-state index in [-0.39, 0.29) is 5.78 Å². The standard InChI is InChI=1S/C18H17NO/c1-19(17-12-6-3-7-13-17)15-9-8-14-18(20)16-10-4-2-5-11-16/h2-15H,1H3/b14-8+,15-9+. The van der Waals surface area contributed by atoms with Crippen LogP contribution in [-0.4, -0.2) is 12.8 Å². The van der Waals surface area contributed by atoms with Gasteiger partial charge in [-0.15, -0.1) is 0 Å². The minimum Gasteiger partial charge on any atom is -0.351 e. The molecule has 0 aliphatic heterocycles. The summed E-state index contributed by atoms with van der Waals surface area (Å²) >= 11 is 0. The van der Waals surface area contributed by atoms with Crippen LogP contribution in [0, 0.1) is 0 Å². The van der Waals surface area contributed by atoms with Gasteiger partial charge in [-0.2, -0.15) is 0 Å². The lowest BCUT2D eigenvalue weighted by Crippen LogP contribution is -2.06. The van der Waals surface area contributed by atoms with Crippen LogP contribution in [0.1, 0.15) is 10.4 Å². The Morgan fingerprint density at radius 1 is 0.900 bits per heavy atom. The number of anilines is 1. The first-order chi connectivity index (χ1) is 9.77. The van der Waals surface area contributed by atoms with E-state index in [1.807, 2.05) is 84.9 Å². The van der Waals surface area contributed by atoms with Crippen LogP contribution in [0.25, 0.3) is 0 Å². The molecule has 0 N–H and O–H groups in total. The third-order valence-corrected chi connectivity index (χ3v) is 2.89. The first-order valence-electron chi connectivity index (χ1n) is 6.49. The van der Waals surface area contributed by atoms with Crippen molar-refractivity contribution in [1.82, 2.24) is 0 Å². The molecule has 0 radical (unpaired) electrons. The Balaban J connectivity index is 1.93. The minimum atomic E-state index is 0.0117. The molecule has 0 heterocycles. The maximum atomic E-state index is 11.8. The summed E-state index contributed by atoms with van der Waals surface area (Å²) in [6.07, 6.45) is 7.11. The van der Waals surface area contributed by atoms with Crippen LogP contribution in [0.2, 0.25) is 0 Å². The Kier molecular flexibility index (Phi) is 4.90. The van der Waals surface area contributed by atoms with Crippen LogP contribution < -0.4 is 4.90 Å². The monoisotopic (exact) mass is 263 g/mol. The van der Waals surface area contributed by atoms with Crippen LogP contribution in [0.5, 0.6) is 0 Å². The summed E-state index contributed by atoms with van der Waals surface area (Å²) in [6.45, 7) is 0. The molecule has 0 bridgehead atoms. The predicted octanol–water partition coefficient (Wildman–Crippen LogP) is 4.08. The lowest BCUT2D eigenvalue weighted by molar-refractivity contribution is 0.104. The van der Waals surface area contributed by atoms with Crippen molar-refractivity contribution in [3.05, 3.63) is 90.7 Å². The van der Waals surface area contributed by atoms with Gasteiger partial charge in [0.05, 0.1) is 0 Å². The molecule has 0 fully saturated rings. The molecule has 2 nitrogen and oxygen atoms in total. The zero-order valence-electron chi connectivity index (χ0n) is 11.4. The highest BCUT2D eigenvalue weighted by Gasteiger charge is 1.98. The van der Waals surface area contributed by atoms with Crippen LogP contribution in [0.4, 0.5) is 5.69 Å². The predicted molar refractivity (Wildman–Crippen MR) is 83.9 cm³/mol. The van der Waals surface area contributed by atoms with E-state index in [0.29, 0.717) is 5.56 Å². The number of carbonyl (C=O) groups is 1. The maximum absolute atomic E-state index is 11.8. The lowest BCUT2D eigenvalue weighted by atomic mass is 10.1. The molecular formula is C18H17NO. The van der Waals surface area contributed by atoms with Gasteiger partial charge in [-0.3, -0.25) is 4.79 Å². The number of hydrogen-bond acceptors (Lipinski definition) is 2. The Labute approximate surface area is 119 Å². The summed E-state index contributed by atoms with van der Waals surface area (Å²) in [5, 5.41) is 0. The van der Waals surface area contributed by atoms with Gasteiger partial charge in [0.15, 0.2) is 5.78 Å². The van der Waals surface area contributed by atoms with Crippen molar-refractivity contribution in [3.63, 3.8) is 0 Å². The Hall–Kier alpha value is -2.61.